The van der Waals surface area contributed by atoms with Crippen LogP contribution in [-0.2, 0) is 4.94 Å². The van der Waals surface area contributed by atoms with Crippen LogP contribution in [0.2, 0.25) is 0 Å². The summed E-state index contributed by atoms with van der Waals surface area (Å²) in [4.78, 5) is 12.8. The predicted molar refractivity (Wildman–Crippen MR) is 25.8 cm³/mol. The molecule has 0 aromatic heterocycles. The minimum Gasteiger partial charge on any atom is -0.366 e. The zero-order chi connectivity index (χ0) is 6.41. The van der Waals surface area contributed by atoms with Gasteiger partial charge in [-0.3, -0.25) is 0 Å². The standard InChI is InChI=1S/CH5N5O2/c2-1(4-3)5-8-6-7/h3H2,(H3,2,4,5). The molecule has 46 valence electrons. The summed E-state index contributed by atoms with van der Waals surface area (Å²) >= 11 is 0. The van der Waals surface area contributed by atoms with E-state index in [2.05, 4.69) is 15.9 Å². The van der Waals surface area contributed by atoms with Gasteiger partial charge in [0.15, 0.2) is 5.34 Å². The molecule has 0 aliphatic rings. The molecule has 0 spiro atoms. The van der Waals surface area contributed by atoms with Crippen molar-refractivity contribution < 1.29 is 4.94 Å². The van der Waals surface area contributed by atoms with Crippen molar-refractivity contribution in [2.75, 3.05) is 0 Å². The van der Waals surface area contributed by atoms with Crippen LogP contribution in [0.5, 0.6) is 0 Å². The van der Waals surface area contributed by atoms with Gasteiger partial charge in [0, 0.05) is 0 Å². The normalized spacial score (nSPS) is 10.2. The second-order valence-electron chi connectivity index (χ2n) is 0.782. The molecule has 0 fully saturated rings. The van der Waals surface area contributed by atoms with E-state index >= 15 is 0 Å². The van der Waals surface area contributed by atoms with Crippen LogP contribution in [-0.4, -0.2) is 5.96 Å². The lowest BCUT2D eigenvalue weighted by atomic mass is 11.1. The van der Waals surface area contributed by atoms with E-state index in [4.69, 9.17) is 10.6 Å². The molecular weight excluding hydrogens is 114 g/mol. The lowest BCUT2D eigenvalue weighted by Gasteiger charge is -1.93. The number of nitrogens with two attached hydrogens (primary N) is 2. The Labute approximate surface area is 44.6 Å². The molecule has 0 heterocycles. The monoisotopic (exact) mass is 119 g/mol. The molecule has 0 atom stereocenters. The summed E-state index contributed by atoms with van der Waals surface area (Å²) in [5, 5.41) is 4.83. The Balaban J connectivity index is 3.24. The van der Waals surface area contributed by atoms with Gasteiger partial charge in [-0.15, -0.1) is 10.0 Å². The first-order chi connectivity index (χ1) is 3.81. The highest BCUT2D eigenvalue weighted by Gasteiger charge is 1.84. The van der Waals surface area contributed by atoms with Crippen LogP contribution in [0.25, 0.3) is 0 Å². The third-order valence-electron chi connectivity index (χ3n) is 0.327. The number of nitrogens with one attached hydrogen (secondary N) is 1. The molecule has 0 radical (unpaired) electrons. The SMILES string of the molecule is NN=C(N)NON=O. The highest BCUT2D eigenvalue weighted by Crippen LogP contribution is 1.60. The van der Waals surface area contributed by atoms with Crippen molar-refractivity contribution in [3.63, 3.8) is 0 Å². The smallest absolute Gasteiger partial charge is 0.246 e. The highest BCUT2D eigenvalue weighted by atomic mass is 16.8. The topological polar surface area (TPSA) is 115 Å². The van der Waals surface area contributed by atoms with Gasteiger partial charge in [0.25, 0.3) is 0 Å². The molecule has 0 aliphatic heterocycles. The molecule has 5 N–H and O–H groups in total. The van der Waals surface area contributed by atoms with E-state index in [-0.39, 0.29) is 5.96 Å². The van der Waals surface area contributed by atoms with Crippen LogP contribution in [0.3, 0.4) is 0 Å². The average Bonchev–Trinajstić information content (AvgIpc) is 1.83. The molecule has 0 rings (SSSR count). The summed E-state index contributed by atoms with van der Waals surface area (Å²) in [5.41, 5.74) is 6.65. The minimum absolute atomic E-state index is 0.218. The first-order valence-corrected chi connectivity index (χ1v) is 1.59. The molecule has 0 saturated carbocycles. The van der Waals surface area contributed by atoms with E-state index in [0.717, 1.165) is 0 Å². The van der Waals surface area contributed by atoms with Crippen molar-refractivity contribution in [1.29, 1.82) is 0 Å². The Morgan fingerprint density at radius 1 is 1.75 bits per heavy atom. The zero-order valence-corrected chi connectivity index (χ0v) is 3.87. The van der Waals surface area contributed by atoms with Crippen molar-refractivity contribution in [2.24, 2.45) is 22.0 Å². The third kappa shape index (κ3) is 2.69. The van der Waals surface area contributed by atoms with Crippen LogP contribution in [0.1, 0.15) is 0 Å². The Bertz CT molecular complexity index is 98.6. The van der Waals surface area contributed by atoms with Gasteiger partial charge < -0.3 is 11.6 Å². The maximum absolute atomic E-state index is 9.14. The van der Waals surface area contributed by atoms with Crippen LogP contribution >= 0.6 is 0 Å². The van der Waals surface area contributed by atoms with Gasteiger partial charge in [-0.2, -0.15) is 5.48 Å². The van der Waals surface area contributed by atoms with Crippen molar-refractivity contribution in [2.45, 2.75) is 0 Å². The summed E-state index contributed by atoms with van der Waals surface area (Å²) in [5.74, 6) is 4.37. The largest absolute Gasteiger partial charge is 0.366 e. The quantitative estimate of drug-likeness (QED) is 0.133. The number of hydrazone groups is 1. The fraction of sp³-hybridized carbons (Fsp3) is 0. The second-order valence-corrected chi connectivity index (χ2v) is 0.782. The number of hydroxylamine groups is 1. The Morgan fingerprint density at radius 2 is 2.38 bits per heavy atom. The number of hydrogen-bond donors (Lipinski definition) is 3. The lowest BCUT2D eigenvalue weighted by molar-refractivity contribution is 0.0874. The molecule has 0 bridgehead atoms. The van der Waals surface area contributed by atoms with Crippen LogP contribution in [0, 0.1) is 4.91 Å². The van der Waals surface area contributed by atoms with E-state index in [0.29, 0.717) is 0 Å². The number of guanidine groups is 1. The third-order valence-corrected chi connectivity index (χ3v) is 0.327. The summed E-state index contributed by atoms with van der Waals surface area (Å²) < 4.78 is 0. The van der Waals surface area contributed by atoms with E-state index < -0.39 is 0 Å². The van der Waals surface area contributed by atoms with E-state index in [1.165, 1.54) is 0 Å². The average molecular weight is 119 g/mol. The fourth-order valence-corrected chi connectivity index (χ4v) is 0.0918. The number of rotatable bonds is 2. The molecular formula is CH5N5O2. The van der Waals surface area contributed by atoms with E-state index in [1.54, 1.807) is 5.48 Å². The molecule has 0 amide bonds. The summed E-state index contributed by atoms with van der Waals surface area (Å²) in [6, 6.07) is 0. The molecule has 0 aliphatic carbocycles. The Hall–Kier alpha value is -1.53. The highest BCUT2D eigenvalue weighted by molar-refractivity contribution is 5.76. The van der Waals surface area contributed by atoms with Gasteiger partial charge in [-0.25, -0.2) is 4.94 Å². The summed E-state index contributed by atoms with van der Waals surface area (Å²) in [6.45, 7) is 0. The molecule has 7 heteroatoms. The number of nitrogens with zero attached hydrogens (tertiary/aromatic N) is 2. The Morgan fingerprint density at radius 3 is 2.75 bits per heavy atom. The van der Waals surface area contributed by atoms with Crippen molar-refractivity contribution in [3.05, 3.63) is 4.91 Å². The lowest BCUT2D eigenvalue weighted by Crippen LogP contribution is -2.31. The predicted octanol–water partition coefficient (Wildman–Crippen LogP) is -1.62. The van der Waals surface area contributed by atoms with Gasteiger partial charge in [0.1, 0.15) is 0 Å². The Kier molecular flexibility index (Phi) is 2.95. The van der Waals surface area contributed by atoms with Gasteiger partial charge in [-0.1, -0.05) is 0 Å². The zero-order valence-electron chi connectivity index (χ0n) is 3.87. The summed E-state index contributed by atoms with van der Waals surface area (Å²) in [7, 11) is 0. The summed E-state index contributed by atoms with van der Waals surface area (Å²) in [6.07, 6.45) is 0. The van der Waals surface area contributed by atoms with Crippen molar-refractivity contribution in [1.82, 2.24) is 5.48 Å². The number of hydrogen-bond acceptors (Lipinski definition) is 5. The molecule has 0 saturated heterocycles. The fourth-order valence-electron chi connectivity index (χ4n) is 0.0918. The minimum atomic E-state index is -0.218. The molecule has 0 unspecified atom stereocenters. The molecule has 0 aromatic rings. The van der Waals surface area contributed by atoms with Gasteiger partial charge in [0.05, 0.1) is 0 Å². The van der Waals surface area contributed by atoms with Crippen molar-refractivity contribution in [3.8, 4) is 0 Å². The van der Waals surface area contributed by atoms with Crippen LogP contribution < -0.4 is 17.1 Å². The van der Waals surface area contributed by atoms with Crippen LogP contribution in [0.15, 0.2) is 10.4 Å². The van der Waals surface area contributed by atoms with Gasteiger partial charge >= 0.3 is 0 Å². The van der Waals surface area contributed by atoms with E-state index in [1.807, 2.05) is 5.34 Å². The maximum atomic E-state index is 9.14. The first kappa shape index (κ1) is 6.47. The van der Waals surface area contributed by atoms with E-state index in [9.17, 15) is 0 Å². The van der Waals surface area contributed by atoms with Crippen LogP contribution in [0.4, 0.5) is 0 Å². The van der Waals surface area contributed by atoms with Crippen molar-refractivity contribution >= 4 is 5.96 Å². The van der Waals surface area contributed by atoms with Gasteiger partial charge in [-0.05, 0) is 0 Å². The molecule has 7 nitrogen and oxygen atoms in total. The molecule has 8 heavy (non-hydrogen) atoms. The maximum Gasteiger partial charge on any atom is 0.246 e. The first-order valence-electron chi connectivity index (χ1n) is 1.59. The van der Waals surface area contributed by atoms with Gasteiger partial charge in [0.2, 0.25) is 5.96 Å². The second kappa shape index (κ2) is 3.65. The molecule has 0 aromatic carbocycles.